The predicted octanol–water partition coefficient (Wildman–Crippen LogP) is 8.44. The first-order valence-electron chi connectivity index (χ1n) is 25.8. The minimum Gasteiger partial charge on any atom is -0.460 e. The SMILES string of the molecule is CC(C)[C@H](NC(=O)[C@H](CCC(=O)OC(C)(C)C)NC(=O)CCCCC#Cc1ccc2c(c1)-c1nc-2nc2[n-]c(nc3nc(nc4[n-]c(n1)c1c(F)c(F)c(F)c(F)c41)-c1c(F)c(F)c(F)c(F)c1-3)c1c(F)c(F)c(F)c(F)c21)C(=O)N[C@@H](C)C(N)=O.[Zn+2]. The van der Waals surface area contributed by atoms with Crippen molar-refractivity contribution in [1.82, 2.24) is 55.8 Å². The number of ether oxygens (including phenoxy) is 1. The van der Waals surface area contributed by atoms with Crippen LogP contribution in [-0.4, -0.2) is 83.2 Å². The molecule has 0 saturated heterocycles. The summed E-state index contributed by atoms with van der Waals surface area (Å²) >= 11 is 0. The minimum atomic E-state index is -2.48. The van der Waals surface area contributed by atoms with Gasteiger partial charge in [0.05, 0.1) is 34.4 Å². The van der Waals surface area contributed by atoms with E-state index in [0.29, 0.717) is 0 Å². The van der Waals surface area contributed by atoms with Crippen LogP contribution in [0.1, 0.15) is 85.6 Å². The third-order valence-corrected chi connectivity index (χ3v) is 13.3. The van der Waals surface area contributed by atoms with Crippen molar-refractivity contribution in [3.8, 4) is 57.4 Å². The fourth-order valence-corrected chi connectivity index (χ4v) is 9.09. The van der Waals surface area contributed by atoms with Crippen LogP contribution in [0.4, 0.5) is 52.7 Å². The van der Waals surface area contributed by atoms with Gasteiger partial charge in [-0.3, -0.25) is 24.0 Å². The van der Waals surface area contributed by atoms with Gasteiger partial charge in [-0.25, -0.2) is 62.7 Å². The number of unbranched alkanes of at least 4 members (excludes halogenated alkanes) is 2. The van der Waals surface area contributed by atoms with E-state index in [0.717, 1.165) is 0 Å². The number of amides is 4. The summed E-state index contributed by atoms with van der Waals surface area (Å²) in [5, 5.41) is 2.47. The third kappa shape index (κ3) is 12.4. The Labute approximate surface area is 495 Å². The number of carbonyl (C=O) groups is 5. The normalized spacial score (nSPS) is 12.8. The summed E-state index contributed by atoms with van der Waals surface area (Å²) < 4.78 is 190. The number of hydrogen-bond donors (Lipinski definition) is 4. The molecule has 4 amide bonds. The zero-order valence-corrected chi connectivity index (χ0v) is 49.1. The first-order valence-corrected chi connectivity index (χ1v) is 25.8. The Bertz CT molecular complexity index is 4340. The molecule has 3 atom stereocenters. The van der Waals surface area contributed by atoms with Gasteiger partial charge in [0, 0.05) is 80.1 Å². The topological polar surface area (TPSA) is 262 Å². The van der Waals surface area contributed by atoms with Gasteiger partial charge in [-0.2, -0.15) is 0 Å². The number of fused-ring (bicyclic) bond motifs is 20. The van der Waals surface area contributed by atoms with E-state index in [9.17, 15) is 37.1 Å². The number of aromatic nitrogens is 8. The Balaban J connectivity index is 0.00000982. The summed E-state index contributed by atoms with van der Waals surface area (Å²) in [5.41, 5.74) is -3.01. The smallest absolute Gasteiger partial charge is 0.460 e. The molecule has 9 rings (SSSR count). The van der Waals surface area contributed by atoms with Gasteiger partial charge >= 0.3 is 25.4 Å². The van der Waals surface area contributed by atoms with E-state index in [1.165, 1.54) is 25.1 Å². The summed E-state index contributed by atoms with van der Waals surface area (Å²) in [6.07, 6.45) is -0.157. The van der Waals surface area contributed by atoms with Crippen molar-refractivity contribution in [3.05, 3.63) is 93.6 Å². The summed E-state index contributed by atoms with van der Waals surface area (Å²) in [6, 6.07) is 0.339. The summed E-state index contributed by atoms with van der Waals surface area (Å²) in [4.78, 5) is 95.8. The standard InChI is InChI=1S/C56H44F12N12O6.Zn/c1-18(2)44(55(85)70-19(3)45(69)83)72-54(84)23(15-16-25(82)86-56(4,5)6)71-24(81)12-10-8-7-9-11-20-13-14-21-22(17-20)47-73-46(21)74-48-26-28(34(59)40(65)38(63)32(26)57)50(76-48)78-52-30-31(37(62)43(68)42(67)36(30)61)53(80-52)79-51-29-27(49(75-47)77-51)33(58)39(64)41(66)35(29)60;/h13-14,17-19,23,44H,7-8,10,12,15-16H2,1-6H3,(H7,69,70,71,72,73,74,75,76,77,78,79,80,81,83,84,85);/q;+2/p-2/t19-,23-,44-;/m0./s1. The zero-order valence-electron chi connectivity index (χ0n) is 46.1. The van der Waals surface area contributed by atoms with Crippen LogP contribution >= 0.6 is 0 Å². The summed E-state index contributed by atoms with van der Waals surface area (Å²) in [5.74, 6) is -29.9. The molecule has 2 aliphatic rings. The molecule has 0 unspecified atom stereocenters. The molecule has 0 spiro atoms. The number of hydrogen-bond acceptors (Lipinski definition) is 12. The second-order valence-electron chi connectivity index (χ2n) is 20.9. The fraction of sp³-hybridized carbons (Fsp3) is 0.304. The van der Waals surface area contributed by atoms with Crippen LogP contribution in [0.2, 0.25) is 0 Å². The van der Waals surface area contributed by atoms with Gasteiger partial charge in [0.1, 0.15) is 23.7 Å². The van der Waals surface area contributed by atoms with E-state index in [1.54, 1.807) is 34.6 Å². The molecule has 5 N–H and O–H groups in total. The van der Waals surface area contributed by atoms with Gasteiger partial charge < -0.3 is 56.3 Å². The van der Waals surface area contributed by atoms with Crippen LogP contribution in [0.3, 0.4) is 0 Å². The van der Waals surface area contributed by atoms with Crippen LogP contribution in [0.25, 0.3) is 89.7 Å². The van der Waals surface area contributed by atoms with Gasteiger partial charge in [0.15, 0.2) is 69.8 Å². The fourth-order valence-electron chi connectivity index (χ4n) is 9.09. The molecule has 2 aliphatic heterocycles. The monoisotopic (exact) mass is 1270 g/mol. The molecule has 448 valence electrons. The number of nitrogens with zero attached hydrogens (tertiary/aromatic N) is 8. The van der Waals surface area contributed by atoms with Crippen molar-refractivity contribution in [2.45, 2.75) is 104 Å². The molecule has 31 heteroatoms. The van der Waals surface area contributed by atoms with E-state index in [2.05, 4.69) is 67.7 Å². The average Bonchev–Trinajstić information content (AvgIpc) is 1.72. The Morgan fingerprint density at radius 1 is 0.563 bits per heavy atom. The number of esters is 1. The first kappa shape index (κ1) is 63.9. The van der Waals surface area contributed by atoms with E-state index in [1.807, 2.05) is 0 Å². The van der Waals surface area contributed by atoms with Crippen molar-refractivity contribution < 1.29 is 101 Å². The van der Waals surface area contributed by atoms with Crippen molar-refractivity contribution in [1.29, 1.82) is 0 Å². The molecule has 87 heavy (non-hydrogen) atoms. The van der Waals surface area contributed by atoms with E-state index in [-0.39, 0.29) is 74.7 Å². The minimum absolute atomic E-state index is 0. The van der Waals surface area contributed by atoms with E-state index >= 15 is 39.5 Å². The van der Waals surface area contributed by atoms with Crippen LogP contribution in [-0.2, 0) is 48.2 Å². The predicted molar refractivity (Wildman–Crippen MR) is 279 cm³/mol. The zero-order chi connectivity index (χ0) is 62.7. The van der Waals surface area contributed by atoms with Crippen LogP contribution in [0.15, 0.2) is 18.2 Å². The van der Waals surface area contributed by atoms with Crippen LogP contribution in [0, 0.1) is 87.6 Å². The van der Waals surface area contributed by atoms with Crippen molar-refractivity contribution in [3.63, 3.8) is 0 Å². The van der Waals surface area contributed by atoms with Crippen molar-refractivity contribution >= 4 is 73.7 Å². The molecule has 0 radical (unpaired) electrons. The maximum atomic E-state index is 15.9. The quantitative estimate of drug-likeness (QED) is 0.0151. The number of nitrogens with two attached hydrogens (primary N) is 1. The second-order valence-corrected chi connectivity index (χ2v) is 20.9. The third-order valence-electron chi connectivity index (χ3n) is 13.3. The molecule has 0 saturated carbocycles. The van der Waals surface area contributed by atoms with Crippen LogP contribution in [0.5, 0.6) is 0 Å². The average molecular weight is 1270 g/mol. The number of primary amides is 1. The first-order chi connectivity index (χ1) is 40.5. The number of benzene rings is 4. The second kappa shape index (κ2) is 24.7. The van der Waals surface area contributed by atoms with Gasteiger partial charge in [-0.05, 0) is 65.0 Å². The molecular formula is C56H42F12N12O6Zn. The van der Waals surface area contributed by atoms with E-state index < -0.39 is 208 Å². The van der Waals surface area contributed by atoms with Gasteiger partial charge in [0.25, 0.3) is 0 Å². The number of carbonyl (C=O) groups excluding carboxylic acids is 5. The van der Waals surface area contributed by atoms with Gasteiger partial charge in [0.2, 0.25) is 23.6 Å². The molecule has 4 aromatic carbocycles. The molecule has 3 aromatic heterocycles. The van der Waals surface area contributed by atoms with Gasteiger partial charge in [-0.15, -0.1) is 0 Å². The molecule has 0 aliphatic carbocycles. The molecule has 8 bridgehead atoms. The molecule has 5 heterocycles. The molecule has 18 nitrogen and oxygen atoms in total. The number of rotatable bonds is 14. The number of nitrogens with one attached hydrogen (secondary N) is 3. The Morgan fingerprint density at radius 2 is 1.01 bits per heavy atom. The maximum Gasteiger partial charge on any atom is 2.00 e. The van der Waals surface area contributed by atoms with Crippen LogP contribution < -0.4 is 31.7 Å². The maximum absolute atomic E-state index is 15.9. The van der Waals surface area contributed by atoms with E-state index in [4.69, 9.17) is 10.5 Å². The summed E-state index contributed by atoms with van der Waals surface area (Å²) in [7, 11) is 0. The molecule has 0 fully saturated rings. The van der Waals surface area contributed by atoms with Crippen molar-refractivity contribution in [2.24, 2.45) is 11.7 Å². The Hall–Kier alpha value is -9.07. The Kier molecular flexibility index (Phi) is 18.2. The molecule has 7 aromatic rings. The summed E-state index contributed by atoms with van der Waals surface area (Å²) in [6.45, 7) is 9.49. The van der Waals surface area contributed by atoms with Gasteiger partial charge in [-0.1, -0.05) is 31.8 Å². The largest absolute Gasteiger partial charge is 2.00 e. The Morgan fingerprint density at radius 3 is 1.47 bits per heavy atom. The molecular weight excluding hydrogens is 1230 g/mol. The number of halogens is 12. The van der Waals surface area contributed by atoms with Crippen molar-refractivity contribution in [2.75, 3.05) is 0 Å².